The first kappa shape index (κ1) is 16.2. The molecule has 0 aliphatic heterocycles. The Hall–Kier alpha value is -2.65. The highest BCUT2D eigenvalue weighted by Gasteiger charge is 2.15. The van der Waals surface area contributed by atoms with Gasteiger partial charge in [0.15, 0.2) is 0 Å². The molecule has 3 heteroatoms. The Kier molecular flexibility index (Phi) is 4.92. The summed E-state index contributed by atoms with van der Waals surface area (Å²) >= 11 is 0. The number of fused-ring (bicyclic) bond motifs is 1. The molecule has 24 heavy (non-hydrogen) atoms. The van der Waals surface area contributed by atoms with Gasteiger partial charge in [0, 0.05) is 0 Å². The Morgan fingerprint density at radius 2 is 1.71 bits per heavy atom. The van der Waals surface area contributed by atoms with Crippen LogP contribution in [-0.4, -0.2) is 17.6 Å². The van der Waals surface area contributed by atoms with Gasteiger partial charge in [-0.15, -0.1) is 0 Å². The molecule has 0 aliphatic rings. The zero-order chi connectivity index (χ0) is 16.9. The van der Waals surface area contributed by atoms with Crippen LogP contribution in [0.1, 0.15) is 22.7 Å². The molecule has 3 aromatic carbocycles. The van der Waals surface area contributed by atoms with E-state index >= 15 is 0 Å². The topological polar surface area (TPSA) is 49.3 Å². The standard InChI is InChI=1S/C21H21NO2/c1-15-6-2-3-8-17(15)13-21(24)22-20(14-23)19-11-10-16-7-4-5-9-18(16)12-19/h2-12,20,23H,13-14H2,1H3,(H,22,24)/t20-/m0/s1. The zero-order valence-electron chi connectivity index (χ0n) is 13.7. The summed E-state index contributed by atoms with van der Waals surface area (Å²) in [5.74, 6) is -0.0866. The molecule has 3 nitrogen and oxygen atoms in total. The second kappa shape index (κ2) is 7.28. The number of aliphatic hydroxyl groups excluding tert-OH is 1. The number of aliphatic hydroxyl groups is 1. The van der Waals surface area contributed by atoms with Crippen molar-refractivity contribution in [3.05, 3.63) is 83.4 Å². The van der Waals surface area contributed by atoms with E-state index in [4.69, 9.17) is 0 Å². The third kappa shape index (κ3) is 3.63. The number of benzene rings is 3. The lowest BCUT2D eigenvalue weighted by atomic mass is 10.0. The molecule has 1 atom stereocenters. The van der Waals surface area contributed by atoms with Gasteiger partial charge in [-0.05, 0) is 40.5 Å². The van der Waals surface area contributed by atoms with Crippen molar-refractivity contribution in [2.75, 3.05) is 6.61 Å². The molecule has 3 aromatic rings. The summed E-state index contributed by atoms with van der Waals surface area (Å²) in [6.07, 6.45) is 0.316. The van der Waals surface area contributed by atoms with E-state index in [2.05, 4.69) is 5.32 Å². The first-order valence-corrected chi connectivity index (χ1v) is 8.11. The molecule has 0 radical (unpaired) electrons. The molecule has 0 aromatic heterocycles. The highest BCUT2D eigenvalue weighted by molar-refractivity contribution is 5.83. The molecule has 0 saturated carbocycles. The predicted molar refractivity (Wildman–Crippen MR) is 96.8 cm³/mol. The summed E-state index contributed by atoms with van der Waals surface area (Å²) in [5, 5.41) is 14.9. The van der Waals surface area contributed by atoms with E-state index in [1.807, 2.05) is 73.7 Å². The fourth-order valence-corrected chi connectivity index (χ4v) is 2.89. The molecule has 0 heterocycles. The van der Waals surface area contributed by atoms with Crippen LogP contribution in [0.5, 0.6) is 0 Å². The number of carbonyl (C=O) groups excluding carboxylic acids is 1. The smallest absolute Gasteiger partial charge is 0.224 e. The van der Waals surface area contributed by atoms with Crippen LogP contribution in [-0.2, 0) is 11.2 Å². The first-order valence-electron chi connectivity index (χ1n) is 8.11. The van der Waals surface area contributed by atoms with Gasteiger partial charge in [0.1, 0.15) is 0 Å². The first-order chi connectivity index (χ1) is 11.7. The maximum absolute atomic E-state index is 12.3. The molecule has 0 aliphatic carbocycles. The third-order valence-corrected chi connectivity index (χ3v) is 4.31. The molecule has 122 valence electrons. The van der Waals surface area contributed by atoms with Crippen molar-refractivity contribution in [1.82, 2.24) is 5.32 Å². The lowest BCUT2D eigenvalue weighted by Gasteiger charge is -2.18. The van der Waals surface area contributed by atoms with Gasteiger partial charge in [-0.25, -0.2) is 0 Å². The van der Waals surface area contributed by atoms with Crippen molar-refractivity contribution < 1.29 is 9.90 Å². The lowest BCUT2D eigenvalue weighted by Crippen LogP contribution is -2.32. The van der Waals surface area contributed by atoms with Crippen LogP contribution in [0.25, 0.3) is 10.8 Å². The summed E-state index contributed by atoms with van der Waals surface area (Å²) in [6.45, 7) is 1.87. The van der Waals surface area contributed by atoms with Crippen molar-refractivity contribution in [3.8, 4) is 0 Å². The van der Waals surface area contributed by atoms with Crippen molar-refractivity contribution in [2.24, 2.45) is 0 Å². The number of amides is 1. The van der Waals surface area contributed by atoms with Gasteiger partial charge in [0.2, 0.25) is 5.91 Å². The van der Waals surface area contributed by atoms with E-state index in [1.54, 1.807) is 0 Å². The van der Waals surface area contributed by atoms with Gasteiger partial charge in [-0.2, -0.15) is 0 Å². The second-order valence-corrected chi connectivity index (χ2v) is 6.01. The zero-order valence-corrected chi connectivity index (χ0v) is 13.7. The molecular formula is C21H21NO2. The van der Waals surface area contributed by atoms with Crippen LogP contribution in [0.4, 0.5) is 0 Å². The lowest BCUT2D eigenvalue weighted by molar-refractivity contribution is -0.121. The normalized spacial score (nSPS) is 12.1. The van der Waals surface area contributed by atoms with Crippen LogP contribution in [0.15, 0.2) is 66.7 Å². The minimum atomic E-state index is -0.397. The molecule has 0 unspecified atom stereocenters. The van der Waals surface area contributed by atoms with Gasteiger partial charge in [-0.1, -0.05) is 60.7 Å². The number of carbonyl (C=O) groups is 1. The van der Waals surface area contributed by atoms with E-state index < -0.39 is 6.04 Å². The molecule has 1 amide bonds. The van der Waals surface area contributed by atoms with E-state index in [9.17, 15) is 9.90 Å². The van der Waals surface area contributed by atoms with Gasteiger partial charge in [0.25, 0.3) is 0 Å². The molecular weight excluding hydrogens is 298 g/mol. The maximum Gasteiger partial charge on any atom is 0.224 e. The van der Waals surface area contributed by atoms with Gasteiger partial charge in [0.05, 0.1) is 19.1 Å². The average Bonchev–Trinajstić information content (AvgIpc) is 2.61. The van der Waals surface area contributed by atoms with Crippen LogP contribution in [0, 0.1) is 6.92 Å². The highest BCUT2D eigenvalue weighted by Crippen LogP contribution is 2.20. The summed E-state index contributed by atoms with van der Waals surface area (Å²) in [6, 6.07) is 21.5. The van der Waals surface area contributed by atoms with Gasteiger partial charge >= 0.3 is 0 Å². The minimum Gasteiger partial charge on any atom is -0.394 e. The summed E-state index contributed by atoms with van der Waals surface area (Å²) in [4.78, 5) is 12.3. The Morgan fingerprint density at radius 3 is 2.46 bits per heavy atom. The maximum atomic E-state index is 12.3. The van der Waals surface area contributed by atoms with Crippen LogP contribution < -0.4 is 5.32 Å². The monoisotopic (exact) mass is 319 g/mol. The van der Waals surface area contributed by atoms with Gasteiger partial charge < -0.3 is 10.4 Å². The number of aryl methyl sites for hydroxylation is 1. The van der Waals surface area contributed by atoms with E-state index in [0.29, 0.717) is 6.42 Å². The average molecular weight is 319 g/mol. The molecule has 0 fully saturated rings. The van der Waals surface area contributed by atoms with Gasteiger partial charge in [-0.3, -0.25) is 4.79 Å². The quantitative estimate of drug-likeness (QED) is 0.756. The molecule has 0 spiro atoms. The fourth-order valence-electron chi connectivity index (χ4n) is 2.89. The van der Waals surface area contributed by atoms with E-state index in [1.165, 1.54) is 0 Å². The highest BCUT2D eigenvalue weighted by atomic mass is 16.3. The van der Waals surface area contributed by atoms with E-state index in [-0.39, 0.29) is 12.5 Å². The molecule has 2 N–H and O–H groups in total. The number of rotatable bonds is 5. The van der Waals surface area contributed by atoms with Crippen LogP contribution in [0.3, 0.4) is 0 Å². The second-order valence-electron chi connectivity index (χ2n) is 6.01. The third-order valence-electron chi connectivity index (χ3n) is 4.31. The summed E-state index contributed by atoms with van der Waals surface area (Å²) in [7, 11) is 0. The number of hydrogen-bond acceptors (Lipinski definition) is 2. The molecule has 0 saturated heterocycles. The van der Waals surface area contributed by atoms with Crippen LogP contribution in [0.2, 0.25) is 0 Å². The Balaban J connectivity index is 1.75. The molecule has 3 rings (SSSR count). The molecule has 0 bridgehead atoms. The fraction of sp³-hybridized carbons (Fsp3) is 0.190. The van der Waals surface area contributed by atoms with E-state index in [0.717, 1.165) is 27.5 Å². The Morgan fingerprint density at radius 1 is 1.00 bits per heavy atom. The van der Waals surface area contributed by atoms with Crippen molar-refractivity contribution >= 4 is 16.7 Å². The Bertz CT molecular complexity index is 857. The largest absolute Gasteiger partial charge is 0.394 e. The predicted octanol–water partition coefficient (Wildman–Crippen LogP) is 3.54. The number of hydrogen-bond donors (Lipinski definition) is 2. The number of nitrogens with one attached hydrogen (secondary N) is 1. The Labute approximate surface area is 142 Å². The SMILES string of the molecule is Cc1ccccc1CC(=O)N[C@@H](CO)c1ccc2ccccc2c1. The van der Waals surface area contributed by atoms with Crippen LogP contribution >= 0.6 is 0 Å². The summed E-state index contributed by atoms with van der Waals surface area (Å²) < 4.78 is 0. The van der Waals surface area contributed by atoms with Crippen molar-refractivity contribution in [3.63, 3.8) is 0 Å². The van der Waals surface area contributed by atoms with Crippen molar-refractivity contribution in [2.45, 2.75) is 19.4 Å². The van der Waals surface area contributed by atoms with Crippen molar-refractivity contribution in [1.29, 1.82) is 0 Å². The minimum absolute atomic E-state index is 0.0866. The summed E-state index contributed by atoms with van der Waals surface area (Å²) in [5.41, 5.74) is 3.01.